The third kappa shape index (κ3) is 8.98. The van der Waals surface area contributed by atoms with Crippen molar-refractivity contribution in [2.24, 2.45) is 0 Å². The third-order valence-electron chi connectivity index (χ3n) is 11.3. The predicted molar refractivity (Wildman–Crippen MR) is 212 cm³/mol. The van der Waals surface area contributed by atoms with Gasteiger partial charge in [-0.15, -0.1) is 21.9 Å². The molecule has 0 fully saturated rings. The van der Waals surface area contributed by atoms with Crippen molar-refractivity contribution in [2.45, 2.75) is 26.7 Å². The number of furan rings is 2. The van der Waals surface area contributed by atoms with Crippen LogP contribution >= 0.6 is 0 Å². The fourth-order valence-electron chi connectivity index (χ4n) is 7.86. The Bertz CT molecular complexity index is 2940. The van der Waals surface area contributed by atoms with Crippen LogP contribution < -0.4 is 43.1 Å². The molecule has 24 heteroatoms. The number of aryl methyl sites for hydroxylation is 2. The van der Waals surface area contributed by atoms with E-state index in [1.807, 2.05) is 0 Å². The Labute approximate surface area is 401 Å². The SMILES string of the molecule is Cc1ccc(Cc2ccoc2[I+]c2occc2Cc2ccc(C)cc2)cc1.Fc1c(F)c(F)c([B-](c2c(F)c(F)c(F)c(F)c2F)(c2c(F)c(F)c(F)c(F)c2F)c2c(F)c(F)c(F)c(F)c2F)c(F)c1F. The summed E-state index contributed by atoms with van der Waals surface area (Å²) >= 11 is -0.482. The Morgan fingerprint density at radius 3 is 0.736 bits per heavy atom. The molecular formula is C48H22BF20IO2. The minimum Gasteiger partial charge on any atom is -0.426 e. The molecular weight excluding hydrogens is 1130 g/mol. The van der Waals surface area contributed by atoms with Gasteiger partial charge >= 0.3 is 28.7 Å². The second-order valence-electron chi connectivity index (χ2n) is 15.7. The predicted octanol–water partition coefficient (Wildman–Crippen LogP) is 8.65. The van der Waals surface area contributed by atoms with E-state index in [2.05, 4.69) is 74.5 Å². The molecule has 8 aromatic rings. The van der Waals surface area contributed by atoms with Crippen molar-refractivity contribution in [2.75, 3.05) is 0 Å². The van der Waals surface area contributed by atoms with Gasteiger partial charge in [0.2, 0.25) is 0 Å². The summed E-state index contributed by atoms with van der Waals surface area (Å²) in [6.07, 6.45) is -1.80. The molecule has 0 unspecified atom stereocenters. The highest BCUT2D eigenvalue weighted by atomic mass is 127. The van der Waals surface area contributed by atoms with Crippen LogP contribution in [-0.2, 0) is 12.8 Å². The topological polar surface area (TPSA) is 26.3 Å². The minimum atomic E-state index is -7.22. The lowest BCUT2D eigenvalue weighted by Gasteiger charge is -2.44. The average Bonchev–Trinajstić information content (AvgIpc) is 4.01. The lowest BCUT2D eigenvalue weighted by atomic mass is 9.12. The van der Waals surface area contributed by atoms with E-state index in [-0.39, 0.29) is 0 Å². The van der Waals surface area contributed by atoms with Gasteiger partial charge in [0, 0.05) is 12.8 Å². The van der Waals surface area contributed by atoms with E-state index in [0.717, 1.165) is 20.4 Å². The summed E-state index contributed by atoms with van der Waals surface area (Å²) in [5.74, 6) is -71.4. The molecule has 2 aromatic heterocycles. The maximum absolute atomic E-state index is 15.4. The number of rotatable bonds is 10. The van der Waals surface area contributed by atoms with Crippen LogP contribution in [-0.4, -0.2) is 6.15 Å². The number of halogens is 21. The molecule has 6 aromatic carbocycles. The van der Waals surface area contributed by atoms with Crippen molar-refractivity contribution < 1.29 is 118 Å². The van der Waals surface area contributed by atoms with Crippen LogP contribution in [0.15, 0.2) is 82.0 Å². The van der Waals surface area contributed by atoms with Crippen LogP contribution in [0.25, 0.3) is 0 Å². The largest absolute Gasteiger partial charge is 0.443 e. The Kier molecular flexibility index (Phi) is 15.1. The maximum atomic E-state index is 15.4. The number of hydrogen-bond donors (Lipinski definition) is 0. The van der Waals surface area contributed by atoms with E-state index in [9.17, 15) is 52.7 Å². The second kappa shape index (κ2) is 20.4. The first kappa shape index (κ1) is 53.1. The Morgan fingerprint density at radius 2 is 0.514 bits per heavy atom. The van der Waals surface area contributed by atoms with Crippen LogP contribution in [0.4, 0.5) is 87.8 Å². The monoisotopic (exact) mass is 1150 g/mol. The standard InChI is InChI=1S/C24BF20.C24H22IO2/c26-5-1(6(27)14(35)21(42)13(5)34)25(2-7(28)15(36)22(43)16(37)8(2)29,3-9(30)17(38)23(44)18(39)10(3)31)4-11(32)19(40)24(45)20(41)12(4)33;1-17-3-7-19(8-4-17)15-21-11-13-26-23(21)25-24-22(12-14-27-24)16-20-9-5-18(2)6-10-20/h;3-14H,15-16H2,1-2H3/q-1;+1. The smallest absolute Gasteiger partial charge is 0.426 e. The van der Waals surface area contributed by atoms with E-state index < -0.39 is 166 Å². The van der Waals surface area contributed by atoms with E-state index in [1.54, 1.807) is 12.5 Å². The van der Waals surface area contributed by atoms with Gasteiger partial charge in [0.25, 0.3) is 0 Å². The molecule has 0 saturated heterocycles. The zero-order valence-electron chi connectivity index (χ0n) is 35.7. The van der Waals surface area contributed by atoms with Gasteiger partial charge < -0.3 is 8.83 Å². The highest BCUT2D eigenvalue weighted by Gasteiger charge is 2.52. The third-order valence-corrected chi connectivity index (χ3v) is 14.2. The molecule has 0 saturated carbocycles. The summed E-state index contributed by atoms with van der Waals surface area (Å²) in [6, 6.07) is 21.6. The molecule has 2 nitrogen and oxygen atoms in total. The Hall–Kier alpha value is -6.73. The minimum absolute atomic E-state index is 0.482. The van der Waals surface area contributed by atoms with E-state index in [0.29, 0.717) is 0 Å². The summed E-state index contributed by atoms with van der Waals surface area (Å²) in [5, 5.41) is 0. The van der Waals surface area contributed by atoms with E-state index in [1.165, 1.54) is 33.4 Å². The van der Waals surface area contributed by atoms with Crippen molar-refractivity contribution in [1.82, 2.24) is 0 Å². The van der Waals surface area contributed by atoms with Gasteiger partial charge in [-0.05, 0) is 37.1 Å². The van der Waals surface area contributed by atoms with Gasteiger partial charge in [-0.25, -0.2) is 87.8 Å². The van der Waals surface area contributed by atoms with Crippen LogP contribution in [0.3, 0.4) is 0 Å². The second-order valence-corrected chi connectivity index (χ2v) is 18.2. The highest BCUT2D eigenvalue weighted by Crippen LogP contribution is 2.31. The molecule has 0 spiro atoms. The summed E-state index contributed by atoms with van der Waals surface area (Å²) < 4.78 is 308. The van der Waals surface area contributed by atoms with Crippen molar-refractivity contribution in [3.8, 4) is 0 Å². The van der Waals surface area contributed by atoms with Gasteiger partial charge in [0.15, 0.2) is 69.8 Å². The summed E-state index contributed by atoms with van der Waals surface area (Å²) in [5.41, 5.74) is -6.60. The maximum Gasteiger partial charge on any atom is 0.443 e. The lowest BCUT2D eigenvalue weighted by Crippen LogP contribution is -3.61. The average molecular weight is 1150 g/mol. The first-order valence-corrected chi connectivity index (χ1v) is 22.2. The molecule has 376 valence electrons. The summed E-state index contributed by atoms with van der Waals surface area (Å²) in [4.78, 5) is 0. The van der Waals surface area contributed by atoms with Crippen LogP contribution in [0, 0.1) is 138 Å². The summed E-state index contributed by atoms with van der Waals surface area (Å²) in [6.45, 7) is 4.23. The molecule has 8 rings (SSSR count). The van der Waals surface area contributed by atoms with Gasteiger partial charge in [-0.3, -0.25) is 0 Å². The molecule has 0 bridgehead atoms. The fraction of sp³-hybridized carbons (Fsp3) is 0.0833. The zero-order valence-corrected chi connectivity index (χ0v) is 37.8. The number of hydrogen-bond acceptors (Lipinski definition) is 2. The Balaban J connectivity index is 0.000000238. The van der Waals surface area contributed by atoms with Gasteiger partial charge in [-0.2, -0.15) is 0 Å². The van der Waals surface area contributed by atoms with Crippen molar-refractivity contribution in [3.05, 3.63) is 230 Å². The molecule has 0 aliphatic rings. The van der Waals surface area contributed by atoms with Gasteiger partial charge in [0.05, 0.1) is 23.7 Å². The molecule has 0 radical (unpaired) electrons. The first-order valence-electron chi connectivity index (χ1n) is 20.0. The lowest BCUT2D eigenvalue weighted by molar-refractivity contribution is -0.637. The molecule has 0 amide bonds. The normalized spacial score (nSPS) is 11.6. The first-order chi connectivity index (χ1) is 33.9. The fourth-order valence-corrected chi connectivity index (χ4v) is 10.3. The molecule has 0 aliphatic carbocycles. The molecule has 2 heterocycles. The van der Waals surface area contributed by atoms with Crippen LogP contribution in [0.5, 0.6) is 0 Å². The summed E-state index contributed by atoms with van der Waals surface area (Å²) in [7, 11) is 0. The molecule has 0 atom stereocenters. The van der Waals surface area contributed by atoms with Gasteiger partial charge in [-0.1, -0.05) is 59.7 Å². The van der Waals surface area contributed by atoms with Crippen molar-refractivity contribution >= 4 is 28.0 Å². The Morgan fingerprint density at radius 1 is 0.306 bits per heavy atom. The zero-order chi connectivity index (χ0) is 53.0. The van der Waals surface area contributed by atoms with Gasteiger partial charge in [0.1, 0.15) is 52.7 Å². The molecule has 72 heavy (non-hydrogen) atoms. The van der Waals surface area contributed by atoms with E-state index in [4.69, 9.17) is 8.83 Å². The highest BCUT2D eigenvalue weighted by molar-refractivity contribution is 7.20. The molecule has 0 N–H and O–H groups in total. The van der Waals surface area contributed by atoms with E-state index >= 15 is 35.1 Å². The van der Waals surface area contributed by atoms with Crippen molar-refractivity contribution in [3.63, 3.8) is 0 Å². The van der Waals surface area contributed by atoms with Crippen molar-refractivity contribution in [1.29, 1.82) is 0 Å². The molecule has 0 aliphatic heterocycles. The van der Waals surface area contributed by atoms with Crippen LogP contribution in [0.2, 0.25) is 0 Å². The number of benzene rings is 6. The van der Waals surface area contributed by atoms with Crippen LogP contribution in [0.1, 0.15) is 33.4 Å². The quantitative estimate of drug-likeness (QED) is 0.0451.